The number of hydrogen-bond donors (Lipinski definition) is 3. The summed E-state index contributed by atoms with van der Waals surface area (Å²) in [6, 6.07) is 5.21. The first-order valence-corrected chi connectivity index (χ1v) is 6.65. The van der Waals surface area contributed by atoms with Gasteiger partial charge in [-0.3, -0.25) is 0 Å². The van der Waals surface area contributed by atoms with E-state index in [-0.39, 0.29) is 18.2 Å². The topological polar surface area (TPSA) is 69.6 Å². The number of carboxylic acids is 1. The van der Waals surface area contributed by atoms with Crippen LogP contribution in [0.15, 0.2) is 22.7 Å². The van der Waals surface area contributed by atoms with Gasteiger partial charge in [0.1, 0.15) is 0 Å². The molecule has 0 saturated carbocycles. The van der Waals surface area contributed by atoms with Gasteiger partial charge in [0.05, 0.1) is 5.56 Å². The first kappa shape index (κ1) is 15.0. The molecule has 0 fully saturated rings. The maximum Gasteiger partial charge on any atom is 0.336 e. The zero-order valence-electron chi connectivity index (χ0n) is 10.5. The number of aliphatic hydroxyl groups excluding tert-OH is 1. The van der Waals surface area contributed by atoms with E-state index in [0.717, 1.165) is 5.69 Å². The van der Waals surface area contributed by atoms with Crippen molar-refractivity contribution < 1.29 is 15.0 Å². The van der Waals surface area contributed by atoms with Crippen LogP contribution in [0.25, 0.3) is 0 Å². The van der Waals surface area contributed by atoms with Crippen LogP contribution in [0, 0.1) is 5.92 Å². The average molecular weight is 316 g/mol. The Balaban J connectivity index is 2.84. The molecule has 18 heavy (non-hydrogen) atoms. The molecule has 5 heteroatoms. The molecule has 3 N–H and O–H groups in total. The van der Waals surface area contributed by atoms with Crippen LogP contribution in [0.4, 0.5) is 5.69 Å². The predicted molar refractivity (Wildman–Crippen MR) is 75.1 cm³/mol. The summed E-state index contributed by atoms with van der Waals surface area (Å²) in [4.78, 5) is 10.9. The van der Waals surface area contributed by atoms with E-state index in [1.165, 1.54) is 0 Å². The molecule has 1 aromatic rings. The van der Waals surface area contributed by atoms with Crippen molar-refractivity contribution in [3.8, 4) is 0 Å². The van der Waals surface area contributed by atoms with Gasteiger partial charge in [-0.15, -0.1) is 0 Å². The zero-order valence-corrected chi connectivity index (χ0v) is 12.1. The molecule has 0 spiro atoms. The highest BCUT2D eigenvalue weighted by atomic mass is 79.9. The summed E-state index contributed by atoms with van der Waals surface area (Å²) in [6.07, 6.45) is 0.663. The minimum absolute atomic E-state index is 0.129. The standard InChI is InChI=1S/C13H18BrNO3/c1-8(2)12(5-6-16)15-9-3-4-10(13(17)18)11(14)7-9/h3-4,7-8,12,15-16H,5-6H2,1-2H3,(H,17,18). The van der Waals surface area contributed by atoms with Crippen molar-refractivity contribution in [2.24, 2.45) is 5.92 Å². The van der Waals surface area contributed by atoms with Crippen molar-refractivity contribution in [3.63, 3.8) is 0 Å². The Morgan fingerprint density at radius 3 is 2.56 bits per heavy atom. The van der Waals surface area contributed by atoms with Gasteiger partial charge in [0.2, 0.25) is 0 Å². The van der Waals surface area contributed by atoms with E-state index in [9.17, 15) is 4.79 Å². The van der Waals surface area contributed by atoms with Gasteiger partial charge in [0.15, 0.2) is 0 Å². The van der Waals surface area contributed by atoms with Gasteiger partial charge >= 0.3 is 5.97 Å². The number of carbonyl (C=O) groups is 1. The maximum absolute atomic E-state index is 10.9. The molecule has 0 aliphatic carbocycles. The van der Waals surface area contributed by atoms with Crippen molar-refractivity contribution in [1.82, 2.24) is 0 Å². The summed E-state index contributed by atoms with van der Waals surface area (Å²) in [5, 5.41) is 21.2. The number of aliphatic hydroxyl groups is 1. The molecule has 100 valence electrons. The molecular weight excluding hydrogens is 298 g/mol. The minimum Gasteiger partial charge on any atom is -0.478 e. The lowest BCUT2D eigenvalue weighted by atomic mass is 10.0. The van der Waals surface area contributed by atoms with E-state index in [1.54, 1.807) is 18.2 Å². The van der Waals surface area contributed by atoms with Crippen molar-refractivity contribution >= 4 is 27.6 Å². The third kappa shape index (κ3) is 3.99. The van der Waals surface area contributed by atoms with Crippen molar-refractivity contribution in [2.45, 2.75) is 26.3 Å². The quantitative estimate of drug-likeness (QED) is 0.755. The Labute approximate surface area is 115 Å². The van der Waals surface area contributed by atoms with Gasteiger partial charge in [-0.2, -0.15) is 0 Å². The summed E-state index contributed by atoms with van der Waals surface area (Å²) in [5.41, 5.74) is 1.09. The van der Waals surface area contributed by atoms with Crippen LogP contribution in [0.2, 0.25) is 0 Å². The van der Waals surface area contributed by atoms with Gasteiger partial charge in [-0.05, 0) is 46.5 Å². The van der Waals surface area contributed by atoms with E-state index < -0.39 is 5.97 Å². The second-order valence-electron chi connectivity index (χ2n) is 4.51. The summed E-state index contributed by atoms with van der Waals surface area (Å²) < 4.78 is 0.548. The molecule has 1 atom stereocenters. The van der Waals surface area contributed by atoms with Gasteiger partial charge in [-0.1, -0.05) is 13.8 Å². The summed E-state index contributed by atoms with van der Waals surface area (Å²) in [7, 11) is 0. The summed E-state index contributed by atoms with van der Waals surface area (Å²) >= 11 is 3.24. The number of rotatable bonds is 6. The molecule has 1 rings (SSSR count). The second kappa shape index (κ2) is 6.75. The Morgan fingerprint density at radius 1 is 1.44 bits per heavy atom. The van der Waals surface area contributed by atoms with Gasteiger partial charge in [0, 0.05) is 22.8 Å². The second-order valence-corrected chi connectivity index (χ2v) is 5.36. The number of aromatic carboxylic acids is 1. The van der Waals surface area contributed by atoms with E-state index in [4.69, 9.17) is 10.2 Å². The van der Waals surface area contributed by atoms with Crippen molar-refractivity contribution in [3.05, 3.63) is 28.2 Å². The fourth-order valence-electron chi connectivity index (χ4n) is 1.70. The summed E-state index contributed by atoms with van der Waals surface area (Å²) in [6.45, 7) is 4.28. The lowest BCUT2D eigenvalue weighted by molar-refractivity contribution is 0.0696. The molecule has 0 amide bonds. The Bertz CT molecular complexity index is 421. The molecule has 0 aromatic heterocycles. The smallest absolute Gasteiger partial charge is 0.336 e. The number of halogens is 1. The van der Waals surface area contributed by atoms with Crippen LogP contribution in [0.5, 0.6) is 0 Å². The molecule has 4 nitrogen and oxygen atoms in total. The molecule has 0 radical (unpaired) electrons. The van der Waals surface area contributed by atoms with Crippen LogP contribution in [0.1, 0.15) is 30.6 Å². The maximum atomic E-state index is 10.9. The first-order valence-electron chi connectivity index (χ1n) is 5.86. The van der Waals surface area contributed by atoms with Crippen LogP contribution in [-0.4, -0.2) is 28.8 Å². The van der Waals surface area contributed by atoms with Crippen molar-refractivity contribution in [2.75, 3.05) is 11.9 Å². The number of anilines is 1. The number of carboxylic acid groups (broad SMARTS) is 1. The molecule has 1 aromatic carbocycles. The molecule has 0 aliphatic heterocycles. The molecule has 0 saturated heterocycles. The number of hydrogen-bond acceptors (Lipinski definition) is 3. The zero-order chi connectivity index (χ0) is 13.7. The molecular formula is C13H18BrNO3. The van der Waals surface area contributed by atoms with Crippen LogP contribution in [-0.2, 0) is 0 Å². The Hall–Kier alpha value is -1.07. The average Bonchev–Trinajstić information content (AvgIpc) is 2.27. The SMILES string of the molecule is CC(C)C(CCO)Nc1ccc(C(=O)O)c(Br)c1. The molecule has 0 bridgehead atoms. The molecule has 0 aliphatic rings. The molecule has 0 heterocycles. The van der Waals surface area contributed by atoms with E-state index in [2.05, 4.69) is 35.1 Å². The number of nitrogens with one attached hydrogen (secondary N) is 1. The Morgan fingerprint density at radius 2 is 2.11 bits per heavy atom. The van der Waals surface area contributed by atoms with Crippen molar-refractivity contribution in [1.29, 1.82) is 0 Å². The van der Waals surface area contributed by atoms with Gasteiger partial charge in [0.25, 0.3) is 0 Å². The van der Waals surface area contributed by atoms with E-state index in [1.807, 2.05) is 0 Å². The van der Waals surface area contributed by atoms with Crippen LogP contribution in [0.3, 0.4) is 0 Å². The largest absolute Gasteiger partial charge is 0.478 e. The normalized spacial score (nSPS) is 12.5. The predicted octanol–water partition coefficient (Wildman–Crippen LogP) is 2.97. The summed E-state index contributed by atoms with van der Waals surface area (Å²) in [5.74, 6) is -0.570. The lowest BCUT2D eigenvalue weighted by Gasteiger charge is -2.23. The van der Waals surface area contributed by atoms with Crippen LogP contribution >= 0.6 is 15.9 Å². The fourth-order valence-corrected chi connectivity index (χ4v) is 2.25. The van der Waals surface area contributed by atoms with Crippen LogP contribution < -0.4 is 5.32 Å². The van der Waals surface area contributed by atoms with E-state index in [0.29, 0.717) is 16.8 Å². The Kier molecular flexibility index (Phi) is 5.62. The number of benzene rings is 1. The minimum atomic E-state index is -0.954. The van der Waals surface area contributed by atoms with E-state index >= 15 is 0 Å². The fraction of sp³-hybridized carbons (Fsp3) is 0.462. The highest BCUT2D eigenvalue weighted by molar-refractivity contribution is 9.10. The van der Waals surface area contributed by atoms with Gasteiger partial charge in [-0.25, -0.2) is 4.79 Å². The first-order chi connectivity index (χ1) is 8.45. The highest BCUT2D eigenvalue weighted by Gasteiger charge is 2.14. The highest BCUT2D eigenvalue weighted by Crippen LogP contribution is 2.23. The monoisotopic (exact) mass is 315 g/mol. The van der Waals surface area contributed by atoms with Gasteiger partial charge < -0.3 is 15.5 Å². The lowest BCUT2D eigenvalue weighted by Crippen LogP contribution is -2.26. The molecule has 1 unspecified atom stereocenters. The third-order valence-electron chi connectivity index (χ3n) is 2.80. The third-order valence-corrected chi connectivity index (χ3v) is 3.45.